The minimum Gasteiger partial charge on any atom is -0.444 e. The lowest BCUT2D eigenvalue weighted by molar-refractivity contribution is 0.0995. The molecule has 0 bridgehead atoms. The molecule has 0 radical (unpaired) electrons. The van der Waals surface area contributed by atoms with E-state index < -0.39 is 0 Å². The number of nitrogens with one attached hydrogen (secondary N) is 1. The van der Waals surface area contributed by atoms with E-state index in [4.69, 9.17) is 16.0 Å². The van der Waals surface area contributed by atoms with Gasteiger partial charge in [0.15, 0.2) is 10.4 Å². The number of rotatable bonds is 2. The Kier molecular flexibility index (Phi) is 4.11. The van der Waals surface area contributed by atoms with Crippen LogP contribution in [0.4, 0.5) is 5.69 Å². The highest BCUT2D eigenvalue weighted by atomic mass is 127. The standard InChI is InChI=1S/C11H6BrClINO2/c12-10-4-3-9(17-10)11(16)15-8-2-1-6(14)5-7(8)13/h1-5H,(H,15,16). The monoisotopic (exact) mass is 425 g/mol. The maximum absolute atomic E-state index is 11.8. The van der Waals surface area contributed by atoms with Crippen LogP contribution in [-0.2, 0) is 0 Å². The van der Waals surface area contributed by atoms with Crippen LogP contribution in [0.5, 0.6) is 0 Å². The lowest BCUT2D eigenvalue weighted by Gasteiger charge is -2.05. The molecule has 3 nitrogen and oxygen atoms in total. The fourth-order valence-corrected chi connectivity index (χ4v) is 2.42. The van der Waals surface area contributed by atoms with Crippen LogP contribution < -0.4 is 5.32 Å². The van der Waals surface area contributed by atoms with E-state index in [9.17, 15) is 4.79 Å². The van der Waals surface area contributed by atoms with Gasteiger partial charge in [0.05, 0.1) is 10.7 Å². The molecule has 1 heterocycles. The fourth-order valence-electron chi connectivity index (χ4n) is 1.21. The van der Waals surface area contributed by atoms with Gasteiger partial charge in [-0.25, -0.2) is 0 Å². The third kappa shape index (κ3) is 3.23. The van der Waals surface area contributed by atoms with Crippen LogP contribution in [0, 0.1) is 3.57 Å². The highest BCUT2D eigenvalue weighted by Crippen LogP contribution is 2.24. The Morgan fingerprint density at radius 3 is 2.71 bits per heavy atom. The molecule has 1 amide bonds. The van der Waals surface area contributed by atoms with Gasteiger partial charge < -0.3 is 9.73 Å². The van der Waals surface area contributed by atoms with Gasteiger partial charge in [0, 0.05) is 3.57 Å². The molecule has 2 rings (SSSR count). The van der Waals surface area contributed by atoms with E-state index in [-0.39, 0.29) is 11.7 Å². The molecule has 0 saturated heterocycles. The zero-order valence-corrected chi connectivity index (χ0v) is 12.8. The van der Waals surface area contributed by atoms with Crippen LogP contribution >= 0.6 is 50.1 Å². The van der Waals surface area contributed by atoms with Crippen LogP contribution in [0.1, 0.15) is 10.6 Å². The number of hydrogen-bond donors (Lipinski definition) is 1. The fraction of sp³-hybridized carbons (Fsp3) is 0. The summed E-state index contributed by atoms with van der Waals surface area (Å²) in [6.45, 7) is 0. The molecule has 1 aromatic heterocycles. The maximum atomic E-state index is 11.8. The molecule has 0 unspecified atom stereocenters. The molecule has 0 spiro atoms. The van der Waals surface area contributed by atoms with Gasteiger partial charge in [0.25, 0.3) is 5.91 Å². The second kappa shape index (κ2) is 5.41. The normalized spacial score (nSPS) is 10.3. The molecule has 0 fully saturated rings. The summed E-state index contributed by atoms with van der Waals surface area (Å²) in [4.78, 5) is 11.8. The van der Waals surface area contributed by atoms with Gasteiger partial charge >= 0.3 is 0 Å². The van der Waals surface area contributed by atoms with E-state index in [1.807, 2.05) is 6.07 Å². The number of halogens is 3. The summed E-state index contributed by atoms with van der Waals surface area (Å²) in [6.07, 6.45) is 0. The number of carbonyl (C=O) groups excluding carboxylic acids is 1. The Balaban J connectivity index is 2.18. The molecule has 0 atom stereocenters. The van der Waals surface area contributed by atoms with Crippen molar-refractivity contribution in [2.45, 2.75) is 0 Å². The zero-order chi connectivity index (χ0) is 12.4. The van der Waals surface area contributed by atoms with Crippen molar-refractivity contribution in [1.82, 2.24) is 0 Å². The van der Waals surface area contributed by atoms with E-state index >= 15 is 0 Å². The van der Waals surface area contributed by atoms with Gasteiger partial charge in [-0.1, -0.05) is 11.6 Å². The summed E-state index contributed by atoms with van der Waals surface area (Å²) in [5.74, 6) is -0.106. The topological polar surface area (TPSA) is 42.2 Å². The second-order valence-electron chi connectivity index (χ2n) is 3.18. The SMILES string of the molecule is O=C(Nc1ccc(I)cc1Cl)c1ccc(Br)o1. The highest BCUT2D eigenvalue weighted by molar-refractivity contribution is 14.1. The van der Waals surface area contributed by atoms with Crippen LogP contribution in [0.3, 0.4) is 0 Å². The number of anilines is 1. The van der Waals surface area contributed by atoms with Crippen LogP contribution in [-0.4, -0.2) is 5.91 Å². The van der Waals surface area contributed by atoms with Gasteiger partial charge in [-0.3, -0.25) is 4.79 Å². The molecule has 0 aliphatic rings. The smallest absolute Gasteiger partial charge is 0.291 e. The van der Waals surface area contributed by atoms with E-state index in [0.717, 1.165) is 3.57 Å². The van der Waals surface area contributed by atoms with Gasteiger partial charge in [-0.05, 0) is 68.9 Å². The third-order valence-electron chi connectivity index (χ3n) is 1.98. The molecule has 6 heteroatoms. The Morgan fingerprint density at radius 2 is 2.12 bits per heavy atom. The number of furan rings is 1. The van der Waals surface area contributed by atoms with Crippen LogP contribution in [0.15, 0.2) is 39.4 Å². The van der Waals surface area contributed by atoms with Crippen molar-refractivity contribution in [3.05, 3.63) is 49.4 Å². The van der Waals surface area contributed by atoms with E-state index in [2.05, 4.69) is 43.8 Å². The van der Waals surface area contributed by atoms with Gasteiger partial charge in [-0.15, -0.1) is 0 Å². The molecule has 1 aromatic carbocycles. The van der Waals surface area contributed by atoms with Gasteiger partial charge in [0.2, 0.25) is 0 Å². The first-order chi connectivity index (χ1) is 8.06. The molecule has 1 N–H and O–H groups in total. The number of hydrogen-bond acceptors (Lipinski definition) is 2. The zero-order valence-electron chi connectivity index (χ0n) is 8.34. The summed E-state index contributed by atoms with van der Waals surface area (Å²) in [6, 6.07) is 8.63. The predicted octanol–water partition coefficient (Wildman–Crippen LogP) is 4.55. The summed E-state index contributed by atoms with van der Waals surface area (Å²) in [5, 5.41) is 3.17. The van der Waals surface area contributed by atoms with Crippen molar-refractivity contribution in [3.63, 3.8) is 0 Å². The van der Waals surface area contributed by atoms with Crippen molar-refractivity contribution < 1.29 is 9.21 Å². The lowest BCUT2D eigenvalue weighted by Crippen LogP contribution is -2.11. The molecule has 88 valence electrons. The Bertz CT molecular complexity index is 570. The Hall–Kier alpha value is -0.530. The minimum absolute atomic E-state index is 0.228. The lowest BCUT2D eigenvalue weighted by atomic mass is 10.3. The first kappa shape index (κ1) is 12.9. The first-order valence-corrected chi connectivity index (χ1v) is 6.83. The van der Waals surface area contributed by atoms with Crippen molar-refractivity contribution in [2.75, 3.05) is 5.32 Å². The Morgan fingerprint density at radius 1 is 1.35 bits per heavy atom. The molecule has 0 saturated carbocycles. The molecular formula is C11H6BrClINO2. The van der Waals surface area contributed by atoms with E-state index in [0.29, 0.717) is 15.4 Å². The summed E-state index contributed by atoms with van der Waals surface area (Å²) < 4.78 is 6.66. The predicted molar refractivity (Wildman–Crippen MR) is 78.5 cm³/mol. The number of benzene rings is 1. The van der Waals surface area contributed by atoms with E-state index in [1.165, 1.54) is 0 Å². The van der Waals surface area contributed by atoms with Gasteiger partial charge in [-0.2, -0.15) is 0 Å². The summed E-state index contributed by atoms with van der Waals surface area (Å²) in [7, 11) is 0. The number of amides is 1. The molecule has 0 aliphatic heterocycles. The van der Waals surface area contributed by atoms with Crippen LogP contribution in [0.2, 0.25) is 5.02 Å². The van der Waals surface area contributed by atoms with Crippen molar-refractivity contribution >= 4 is 61.7 Å². The summed E-state index contributed by atoms with van der Waals surface area (Å²) >= 11 is 11.3. The maximum Gasteiger partial charge on any atom is 0.291 e. The quantitative estimate of drug-likeness (QED) is 0.716. The van der Waals surface area contributed by atoms with E-state index in [1.54, 1.807) is 24.3 Å². The number of carbonyl (C=O) groups is 1. The molecule has 0 aliphatic carbocycles. The molecular weight excluding hydrogens is 420 g/mol. The molecule has 17 heavy (non-hydrogen) atoms. The Labute approximate surface area is 125 Å². The second-order valence-corrected chi connectivity index (χ2v) is 5.62. The van der Waals surface area contributed by atoms with Crippen molar-refractivity contribution in [1.29, 1.82) is 0 Å². The first-order valence-electron chi connectivity index (χ1n) is 4.58. The molecule has 2 aromatic rings. The van der Waals surface area contributed by atoms with Crippen LogP contribution in [0.25, 0.3) is 0 Å². The average Bonchev–Trinajstić information content (AvgIpc) is 2.69. The summed E-state index contributed by atoms with van der Waals surface area (Å²) in [5.41, 5.74) is 0.560. The third-order valence-corrected chi connectivity index (χ3v) is 3.39. The van der Waals surface area contributed by atoms with Crippen molar-refractivity contribution in [2.24, 2.45) is 0 Å². The van der Waals surface area contributed by atoms with Crippen molar-refractivity contribution in [3.8, 4) is 0 Å². The average molecular weight is 426 g/mol. The van der Waals surface area contributed by atoms with Gasteiger partial charge in [0.1, 0.15) is 0 Å². The minimum atomic E-state index is -0.334. The largest absolute Gasteiger partial charge is 0.444 e. The highest BCUT2D eigenvalue weighted by Gasteiger charge is 2.12.